The molecule has 1 atom stereocenters. The molecule has 0 saturated carbocycles. The normalized spacial score (nSPS) is 17.8. The van der Waals surface area contributed by atoms with E-state index in [2.05, 4.69) is 22.0 Å². The summed E-state index contributed by atoms with van der Waals surface area (Å²) < 4.78 is 33.0. The first-order valence-corrected chi connectivity index (χ1v) is 9.24. The van der Waals surface area contributed by atoms with E-state index in [1.165, 1.54) is 13.1 Å². The fraction of sp³-hybridized carbons (Fsp3) is 0.333. The molecule has 0 spiro atoms. The minimum absolute atomic E-state index is 0.0313. The molecule has 5 nitrogen and oxygen atoms in total. The van der Waals surface area contributed by atoms with E-state index in [1.54, 1.807) is 12.1 Å². The Morgan fingerprint density at radius 3 is 2.96 bits per heavy atom. The Labute approximate surface area is 161 Å². The van der Waals surface area contributed by atoms with Gasteiger partial charge in [-0.15, -0.1) is 0 Å². The molecule has 2 heterocycles. The van der Waals surface area contributed by atoms with Crippen LogP contribution in [0.3, 0.4) is 0 Å². The van der Waals surface area contributed by atoms with Gasteiger partial charge in [-0.1, -0.05) is 18.2 Å². The highest BCUT2D eigenvalue weighted by atomic mass is 19.3. The molecule has 1 amide bonds. The fourth-order valence-corrected chi connectivity index (χ4v) is 4.08. The first-order chi connectivity index (χ1) is 13.5. The highest BCUT2D eigenvalue weighted by Crippen LogP contribution is 2.41. The van der Waals surface area contributed by atoms with Gasteiger partial charge < -0.3 is 14.6 Å². The van der Waals surface area contributed by atoms with E-state index in [0.717, 1.165) is 22.8 Å². The maximum atomic E-state index is 13.1. The van der Waals surface area contributed by atoms with Crippen molar-refractivity contribution in [3.05, 3.63) is 64.3 Å². The fourth-order valence-electron chi connectivity index (χ4n) is 4.08. The van der Waals surface area contributed by atoms with Crippen LogP contribution < -0.4 is 10.1 Å². The number of hydrogen-bond donors (Lipinski definition) is 1. The number of nitrogens with zero attached hydrogens (tertiary/aromatic N) is 2. The van der Waals surface area contributed by atoms with Crippen LogP contribution in [0.5, 0.6) is 5.75 Å². The van der Waals surface area contributed by atoms with E-state index >= 15 is 0 Å². The van der Waals surface area contributed by atoms with Gasteiger partial charge in [-0.25, -0.2) is 4.98 Å². The van der Waals surface area contributed by atoms with Gasteiger partial charge in [0.2, 0.25) is 0 Å². The summed E-state index contributed by atoms with van der Waals surface area (Å²) in [5.41, 5.74) is 3.84. The molecule has 0 saturated heterocycles. The van der Waals surface area contributed by atoms with Crippen LogP contribution in [-0.2, 0) is 12.8 Å². The molecule has 0 fully saturated rings. The quantitative estimate of drug-likeness (QED) is 0.869. The molecule has 1 aromatic heterocycles. The number of nitrogens with one attached hydrogen (secondary N) is 1. The third kappa shape index (κ3) is 3.10. The number of ether oxygens (including phenoxy) is 1. The molecular formula is C21H21F2N3O2. The number of benzene rings is 1. The smallest absolute Gasteiger partial charge is 0.387 e. The van der Waals surface area contributed by atoms with Gasteiger partial charge in [0.15, 0.2) is 0 Å². The van der Waals surface area contributed by atoms with Gasteiger partial charge in [0.05, 0.1) is 17.4 Å². The van der Waals surface area contributed by atoms with E-state index in [-0.39, 0.29) is 17.7 Å². The van der Waals surface area contributed by atoms with E-state index in [0.29, 0.717) is 30.4 Å². The van der Waals surface area contributed by atoms with E-state index in [1.807, 2.05) is 13.0 Å². The van der Waals surface area contributed by atoms with Gasteiger partial charge in [-0.05, 0) is 37.1 Å². The molecule has 1 aliphatic carbocycles. The topological polar surface area (TPSA) is 56.1 Å². The largest absolute Gasteiger partial charge is 0.434 e. The monoisotopic (exact) mass is 385 g/mol. The van der Waals surface area contributed by atoms with E-state index < -0.39 is 6.61 Å². The molecule has 0 radical (unpaired) electrons. The zero-order valence-corrected chi connectivity index (χ0v) is 15.7. The van der Waals surface area contributed by atoms with E-state index in [9.17, 15) is 13.6 Å². The summed E-state index contributed by atoms with van der Waals surface area (Å²) in [7, 11) is 1.52. The van der Waals surface area contributed by atoms with Crippen molar-refractivity contribution < 1.29 is 18.3 Å². The number of hydrogen-bond acceptors (Lipinski definition) is 3. The van der Waals surface area contributed by atoms with Crippen LogP contribution in [0.15, 0.2) is 35.9 Å². The summed E-state index contributed by atoms with van der Waals surface area (Å²) in [6.07, 6.45) is 8.27. The minimum atomic E-state index is -2.97. The SMILES string of the molecule is CNC(=O)c1cccc(OC(F)F)c1[C@H]1CCc2nc3c(n21)C=C(C)C=CC3. The summed E-state index contributed by atoms with van der Waals surface area (Å²) in [6.45, 7) is -0.954. The number of carbonyl (C=O) groups excluding carboxylic acids is 1. The second-order valence-electron chi connectivity index (χ2n) is 6.95. The third-order valence-electron chi connectivity index (χ3n) is 5.19. The predicted octanol–water partition coefficient (Wildman–Crippen LogP) is 3.90. The van der Waals surface area contributed by atoms with Crippen molar-refractivity contribution in [1.82, 2.24) is 14.9 Å². The molecule has 1 aliphatic heterocycles. The van der Waals surface area contributed by atoms with Crippen LogP contribution in [0.1, 0.15) is 52.5 Å². The molecule has 0 unspecified atom stereocenters. The molecule has 28 heavy (non-hydrogen) atoms. The number of amides is 1. The van der Waals surface area contributed by atoms with Crippen LogP contribution in [0.4, 0.5) is 8.78 Å². The zero-order valence-electron chi connectivity index (χ0n) is 15.7. The molecule has 1 aromatic carbocycles. The Kier molecular flexibility index (Phi) is 4.75. The van der Waals surface area contributed by atoms with Gasteiger partial charge in [-0.2, -0.15) is 8.78 Å². The predicted molar refractivity (Wildman–Crippen MR) is 102 cm³/mol. The minimum Gasteiger partial charge on any atom is -0.434 e. The van der Waals surface area contributed by atoms with Crippen molar-refractivity contribution in [2.45, 2.75) is 38.8 Å². The van der Waals surface area contributed by atoms with Crippen molar-refractivity contribution in [3.8, 4) is 5.75 Å². The number of allylic oxidation sites excluding steroid dienone is 3. The Morgan fingerprint density at radius 1 is 1.39 bits per heavy atom. The number of fused-ring (bicyclic) bond motifs is 3. The van der Waals surface area contributed by atoms with Crippen molar-refractivity contribution in [2.75, 3.05) is 7.05 Å². The van der Waals surface area contributed by atoms with Crippen LogP contribution in [0.2, 0.25) is 0 Å². The lowest BCUT2D eigenvalue weighted by atomic mass is 9.96. The number of aryl methyl sites for hydroxylation is 1. The molecule has 4 rings (SSSR count). The number of aromatic nitrogens is 2. The van der Waals surface area contributed by atoms with Crippen LogP contribution >= 0.6 is 0 Å². The zero-order chi connectivity index (χ0) is 19.8. The van der Waals surface area contributed by atoms with Crippen molar-refractivity contribution in [1.29, 1.82) is 0 Å². The summed E-state index contributed by atoms with van der Waals surface area (Å²) in [6, 6.07) is 4.40. The Morgan fingerprint density at radius 2 is 2.21 bits per heavy atom. The molecule has 1 N–H and O–H groups in total. The maximum Gasteiger partial charge on any atom is 0.387 e. The van der Waals surface area contributed by atoms with Crippen LogP contribution in [0, 0.1) is 0 Å². The van der Waals surface area contributed by atoms with Gasteiger partial charge in [0, 0.05) is 31.0 Å². The Hall–Kier alpha value is -2.96. The first-order valence-electron chi connectivity index (χ1n) is 9.24. The van der Waals surface area contributed by atoms with Crippen molar-refractivity contribution >= 4 is 12.0 Å². The molecular weight excluding hydrogens is 364 g/mol. The highest BCUT2D eigenvalue weighted by molar-refractivity contribution is 5.96. The number of alkyl halides is 2. The van der Waals surface area contributed by atoms with Crippen molar-refractivity contribution in [2.24, 2.45) is 0 Å². The lowest BCUT2D eigenvalue weighted by Crippen LogP contribution is -2.23. The lowest BCUT2D eigenvalue weighted by Gasteiger charge is -2.22. The average Bonchev–Trinajstić information content (AvgIpc) is 3.15. The number of rotatable bonds is 4. The summed E-state index contributed by atoms with van der Waals surface area (Å²) >= 11 is 0. The lowest BCUT2D eigenvalue weighted by molar-refractivity contribution is -0.0507. The molecule has 0 bridgehead atoms. The molecule has 146 valence electrons. The van der Waals surface area contributed by atoms with Crippen molar-refractivity contribution in [3.63, 3.8) is 0 Å². The Balaban J connectivity index is 1.90. The van der Waals surface area contributed by atoms with Gasteiger partial charge >= 0.3 is 6.61 Å². The number of imidazole rings is 1. The third-order valence-corrected chi connectivity index (χ3v) is 5.19. The highest BCUT2D eigenvalue weighted by Gasteiger charge is 2.34. The van der Waals surface area contributed by atoms with E-state index in [4.69, 9.17) is 9.72 Å². The number of carbonyl (C=O) groups is 1. The summed E-state index contributed by atoms with van der Waals surface area (Å²) in [5, 5.41) is 2.59. The maximum absolute atomic E-state index is 13.1. The van der Waals surface area contributed by atoms with Gasteiger partial charge in [-0.3, -0.25) is 4.79 Å². The van der Waals surface area contributed by atoms with Gasteiger partial charge in [0.1, 0.15) is 11.6 Å². The Bertz CT molecular complexity index is 992. The molecule has 7 heteroatoms. The van der Waals surface area contributed by atoms with Crippen LogP contribution in [-0.4, -0.2) is 29.1 Å². The summed E-state index contributed by atoms with van der Waals surface area (Å²) in [4.78, 5) is 17.2. The summed E-state index contributed by atoms with van der Waals surface area (Å²) in [5.74, 6) is 0.607. The first kappa shape index (κ1) is 18.4. The standard InChI is InChI=1S/C21H21F2N3O2/c1-12-5-3-7-14-16(11-12)26-15(9-10-18(26)25-14)19-13(20(27)24-2)6-4-8-17(19)28-21(22)23/h3-6,8,11,15,21H,7,9-10H2,1-2H3,(H,24,27)/t15-/m1/s1. The average molecular weight is 385 g/mol. The molecule has 2 aliphatic rings. The number of halogens is 2. The second kappa shape index (κ2) is 7.22. The molecule has 2 aromatic rings. The second-order valence-corrected chi connectivity index (χ2v) is 6.95. The van der Waals surface area contributed by atoms with Gasteiger partial charge in [0.25, 0.3) is 5.91 Å². The van der Waals surface area contributed by atoms with Crippen LogP contribution in [0.25, 0.3) is 6.08 Å².